The maximum Gasteiger partial charge on any atom is 0.228 e. The molecule has 2 aliphatic rings. The summed E-state index contributed by atoms with van der Waals surface area (Å²) in [6.45, 7) is 6.10. The van der Waals surface area contributed by atoms with Crippen molar-refractivity contribution in [2.75, 3.05) is 43.4 Å². The van der Waals surface area contributed by atoms with Gasteiger partial charge in [-0.15, -0.1) is 0 Å². The maximum absolute atomic E-state index is 4.65. The van der Waals surface area contributed by atoms with Crippen LogP contribution >= 0.6 is 11.8 Å². The number of anilines is 3. The highest BCUT2D eigenvalue weighted by molar-refractivity contribution is 8.09. The first-order valence-electron chi connectivity index (χ1n) is 9.06. The lowest BCUT2D eigenvalue weighted by Gasteiger charge is -2.29. The summed E-state index contributed by atoms with van der Waals surface area (Å²) in [5.41, 5.74) is 3.33. The Labute approximate surface area is 163 Å². The Balaban J connectivity index is 1.46. The highest BCUT2D eigenvalue weighted by atomic mass is 32.2. The van der Waals surface area contributed by atoms with Crippen LogP contribution < -0.4 is 26.2 Å². The van der Waals surface area contributed by atoms with E-state index >= 15 is 0 Å². The quantitative estimate of drug-likeness (QED) is 0.613. The molecule has 0 saturated carbocycles. The molecule has 1 saturated heterocycles. The number of hydrogen-bond acceptors (Lipinski definition) is 9. The van der Waals surface area contributed by atoms with Gasteiger partial charge in [-0.2, -0.15) is 0 Å². The molecule has 9 heteroatoms. The Morgan fingerprint density at radius 3 is 2.74 bits per heavy atom. The normalized spacial score (nSPS) is 19.9. The molecular weight excluding hydrogens is 360 g/mol. The molecule has 0 radical (unpaired) electrons. The Bertz CT molecular complexity index is 816. The third kappa shape index (κ3) is 4.15. The van der Waals surface area contributed by atoms with Gasteiger partial charge in [-0.1, -0.05) is 11.8 Å². The summed E-state index contributed by atoms with van der Waals surface area (Å²) in [6, 6.07) is 5.99. The van der Waals surface area contributed by atoms with Crippen LogP contribution in [0.3, 0.4) is 0 Å². The minimum absolute atomic E-state index is 0.172. The molecule has 4 N–H and O–H groups in total. The van der Waals surface area contributed by atoms with Crippen LogP contribution in [0.2, 0.25) is 0 Å². The van der Waals surface area contributed by atoms with Gasteiger partial charge in [0, 0.05) is 38.1 Å². The van der Waals surface area contributed by atoms with E-state index in [0.29, 0.717) is 5.95 Å². The van der Waals surface area contributed by atoms with Crippen molar-refractivity contribution >= 4 is 34.1 Å². The molecule has 0 aromatic carbocycles. The van der Waals surface area contributed by atoms with E-state index in [2.05, 4.69) is 54.1 Å². The molecule has 0 aliphatic carbocycles. The number of hydrogen-bond donors (Lipinski definition) is 4. The van der Waals surface area contributed by atoms with Gasteiger partial charge in [0.05, 0.1) is 22.5 Å². The molecule has 2 aromatic rings. The summed E-state index contributed by atoms with van der Waals surface area (Å²) in [4.78, 5) is 17.0. The molecule has 0 spiro atoms. The molecule has 27 heavy (non-hydrogen) atoms. The molecule has 0 amide bonds. The zero-order valence-electron chi connectivity index (χ0n) is 15.5. The summed E-state index contributed by atoms with van der Waals surface area (Å²) in [7, 11) is 1.93. The van der Waals surface area contributed by atoms with Gasteiger partial charge in [-0.05, 0) is 32.2 Å². The third-order valence-electron chi connectivity index (χ3n) is 4.54. The summed E-state index contributed by atoms with van der Waals surface area (Å²) in [5, 5.41) is 13.2. The van der Waals surface area contributed by atoms with Crippen LogP contribution in [-0.4, -0.2) is 53.7 Å². The van der Waals surface area contributed by atoms with Crippen molar-refractivity contribution in [1.29, 1.82) is 0 Å². The number of pyridine rings is 1. The SMILES string of the molecule is CNC1NC(C)=C(c2ccnc(Nc3ccc(N4CCNCC4)cn3)n2)S1. The predicted octanol–water partition coefficient (Wildman–Crippen LogP) is 1.55. The fourth-order valence-electron chi connectivity index (χ4n) is 3.11. The highest BCUT2D eigenvalue weighted by Gasteiger charge is 2.22. The topological polar surface area (TPSA) is 90.0 Å². The summed E-state index contributed by atoms with van der Waals surface area (Å²) >= 11 is 1.72. The highest BCUT2D eigenvalue weighted by Crippen LogP contribution is 2.36. The average molecular weight is 385 g/mol. The number of nitrogens with one attached hydrogen (secondary N) is 4. The van der Waals surface area contributed by atoms with E-state index in [1.165, 1.54) is 0 Å². The minimum Gasteiger partial charge on any atom is -0.368 e. The van der Waals surface area contributed by atoms with Gasteiger partial charge in [0.25, 0.3) is 0 Å². The Morgan fingerprint density at radius 1 is 1.19 bits per heavy atom. The number of piperazine rings is 1. The van der Waals surface area contributed by atoms with Gasteiger partial charge >= 0.3 is 0 Å². The lowest BCUT2D eigenvalue weighted by Crippen LogP contribution is -2.43. The molecule has 2 aliphatic heterocycles. The van der Waals surface area contributed by atoms with E-state index in [1.54, 1.807) is 18.0 Å². The van der Waals surface area contributed by atoms with Crippen LogP contribution in [0.15, 0.2) is 36.3 Å². The summed E-state index contributed by atoms with van der Waals surface area (Å²) in [5.74, 6) is 1.28. The summed E-state index contributed by atoms with van der Waals surface area (Å²) in [6.07, 6.45) is 3.67. The molecule has 4 heterocycles. The molecule has 1 atom stereocenters. The van der Waals surface area contributed by atoms with Gasteiger partial charge in [-0.3, -0.25) is 5.32 Å². The second-order valence-electron chi connectivity index (χ2n) is 6.41. The van der Waals surface area contributed by atoms with Crippen molar-refractivity contribution < 1.29 is 0 Å². The Morgan fingerprint density at radius 2 is 2.04 bits per heavy atom. The smallest absolute Gasteiger partial charge is 0.228 e. The van der Waals surface area contributed by atoms with E-state index in [9.17, 15) is 0 Å². The van der Waals surface area contributed by atoms with Crippen LogP contribution in [0.1, 0.15) is 12.6 Å². The molecular formula is C18H24N8S. The van der Waals surface area contributed by atoms with Crippen LogP contribution in [-0.2, 0) is 0 Å². The van der Waals surface area contributed by atoms with Crippen molar-refractivity contribution in [3.05, 3.63) is 42.0 Å². The average Bonchev–Trinajstić information content (AvgIpc) is 3.10. The number of rotatable bonds is 5. The van der Waals surface area contributed by atoms with E-state index in [4.69, 9.17) is 0 Å². The molecule has 4 rings (SSSR count). The monoisotopic (exact) mass is 384 g/mol. The molecule has 1 fully saturated rings. The zero-order chi connectivity index (χ0) is 18.6. The lowest BCUT2D eigenvalue weighted by atomic mass is 10.3. The largest absolute Gasteiger partial charge is 0.368 e. The number of allylic oxidation sites excluding steroid dienone is 1. The Kier molecular flexibility index (Phi) is 5.42. The number of nitrogens with zero attached hydrogens (tertiary/aromatic N) is 4. The maximum atomic E-state index is 4.65. The first kappa shape index (κ1) is 18.0. The second-order valence-corrected chi connectivity index (χ2v) is 7.53. The molecule has 2 aromatic heterocycles. The first-order valence-corrected chi connectivity index (χ1v) is 9.94. The number of aromatic nitrogens is 3. The zero-order valence-corrected chi connectivity index (χ0v) is 16.3. The van der Waals surface area contributed by atoms with Gasteiger partial charge < -0.3 is 20.9 Å². The molecule has 8 nitrogen and oxygen atoms in total. The van der Waals surface area contributed by atoms with Crippen LogP contribution in [0.25, 0.3) is 4.91 Å². The predicted molar refractivity (Wildman–Crippen MR) is 111 cm³/mol. The summed E-state index contributed by atoms with van der Waals surface area (Å²) < 4.78 is 0. The van der Waals surface area contributed by atoms with Crippen LogP contribution in [0.4, 0.5) is 17.5 Å². The van der Waals surface area contributed by atoms with Crippen LogP contribution in [0, 0.1) is 0 Å². The molecule has 1 unspecified atom stereocenters. The fourth-order valence-corrected chi connectivity index (χ4v) is 4.17. The van der Waals surface area contributed by atoms with Crippen LogP contribution in [0.5, 0.6) is 0 Å². The van der Waals surface area contributed by atoms with Crippen molar-refractivity contribution in [1.82, 2.24) is 30.9 Å². The van der Waals surface area contributed by atoms with Gasteiger partial charge in [0.1, 0.15) is 11.3 Å². The van der Waals surface area contributed by atoms with Gasteiger partial charge in [0.2, 0.25) is 5.95 Å². The molecule has 0 bridgehead atoms. The van der Waals surface area contributed by atoms with Gasteiger partial charge in [0.15, 0.2) is 0 Å². The van der Waals surface area contributed by atoms with E-state index in [0.717, 1.165) is 54.0 Å². The Hall–Kier alpha value is -2.36. The van der Waals surface area contributed by atoms with Crippen molar-refractivity contribution in [2.24, 2.45) is 0 Å². The first-order chi connectivity index (χ1) is 13.2. The van der Waals surface area contributed by atoms with E-state index < -0.39 is 0 Å². The molecule has 142 valence electrons. The van der Waals surface area contributed by atoms with Gasteiger partial charge in [-0.25, -0.2) is 15.0 Å². The fraction of sp³-hybridized carbons (Fsp3) is 0.389. The minimum atomic E-state index is 0.172. The second kappa shape index (κ2) is 8.12. The van der Waals surface area contributed by atoms with Crippen molar-refractivity contribution in [2.45, 2.75) is 12.4 Å². The number of thioether (sulfide) groups is 1. The lowest BCUT2D eigenvalue weighted by molar-refractivity contribution is 0.589. The standard InChI is InChI=1S/C18H24N8S/c1-12-16(27-18(19-2)23-12)14-5-6-21-17(24-14)25-15-4-3-13(11-22-15)26-9-7-20-8-10-26/h3-6,11,18-20,23H,7-10H2,1-2H3,(H,21,22,24,25). The van der Waals surface area contributed by atoms with E-state index in [-0.39, 0.29) is 5.50 Å². The van der Waals surface area contributed by atoms with Crippen molar-refractivity contribution in [3.63, 3.8) is 0 Å². The van der Waals surface area contributed by atoms with Crippen molar-refractivity contribution in [3.8, 4) is 0 Å². The van der Waals surface area contributed by atoms with E-state index in [1.807, 2.05) is 25.4 Å². The third-order valence-corrected chi connectivity index (χ3v) is 5.88.